The number of nitrogens with two attached hydrogens (primary N) is 1. The minimum absolute atomic E-state index is 0. The van der Waals surface area contributed by atoms with Crippen LogP contribution >= 0.6 is 12.4 Å². The van der Waals surface area contributed by atoms with Gasteiger partial charge in [0.1, 0.15) is 0 Å². The summed E-state index contributed by atoms with van der Waals surface area (Å²) in [6, 6.07) is 0. The summed E-state index contributed by atoms with van der Waals surface area (Å²) in [7, 11) is 0. The summed E-state index contributed by atoms with van der Waals surface area (Å²) in [5, 5.41) is 2.59. The third kappa shape index (κ3) is 5.88. The van der Waals surface area contributed by atoms with Crippen molar-refractivity contribution in [1.82, 2.24) is 5.32 Å². The first-order chi connectivity index (χ1) is 4.48. The lowest BCUT2D eigenvalue weighted by Crippen LogP contribution is -2.49. The van der Waals surface area contributed by atoms with Gasteiger partial charge in [-0.1, -0.05) is 6.08 Å². The highest BCUT2D eigenvalue weighted by molar-refractivity contribution is 5.85. The van der Waals surface area contributed by atoms with Crippen molar-refractivity contribution in [2.24, 2.45) is 5.73 Å². The SMILES string of the molecule is C=CCNC(=O)C(C)(C)N.Cl. The molecule has 0 unspecified atom stereocenters. The average Bonchev–Trinajstić information content (AvgIpc) is 1.80. The van der Waals surface area contributed by atoms with Crippen LogP contribution in [0.25, 0.3) is 0 Å². The second kappa shape index (κ2) is 5.16. The van der Waals surface area contributed by atoms with E-state index in [0.29, 0.717) is 6.54 Å². The van der Waals surface area contributed by atoms with Crippen molar-refractivity contribution >= 4 is 18.3 Å². The summed E-state index contributed by atoms with van der Waals surface area (Å²) in [5.74, 6) is -0.160. The molecule has 66 valence electrons. The van der Waals surface area contributed by atoms with Gasteiger partial charge < -0.3 is 11.1 Å². The van der Waals surface area contributed by atoms with Crippen molar-refractivity contribution in [3.8, 4) is 0 Å². The smallest absolute Gasteiger partial charge is 0.239 e. The molecule has 0 aromatic carbocycles. The lowest BCUT2D eigenvalue weighted by Gasteiger charge is -2.16. The number of carbonyl (C=O) groups is 1. The van der Waals surface area contributed by atoms with Gasteiger partial charge in [-0.15, -0.1) is 19.0 Å². The molecule has 0 radical (unpaired) electrons. The Hall–Kier alpha value is -0.540. The molecule has 3 nitrogen and oxygen atoms in total. The zero-order valence-electron chi connectivity index (χ0n) is 6.89. The lowest BCUT2D eigenvalue weighted by atomic mass is 10.1. The molecule has 0 aromatic heterocycles. The van der Waals surface area contributed by atoms with Gasteiger partial charge in [0.15, 0.2) is 0 Å². The summed E-state index contributed by atoms with van der Waals surface area (Å²) >= 11 is 0. The number of carbonyl (C=O) groups excluding carboxylic acids is 1. The van der Waals surface area contributed by atoms with E-state index in [1.54, 1.807) is 19.9 Å². The number of hydrogen-bond acceptors (Lipinski definition) is 2. The maximum Gasteiger partial charge on any atom is 0.239 e. The monoisotopic (exact) mass is 178 g/mol. The minimum atomic E-state index is -0.789. The molecule has 4 heteroatoms. The van der Waals surface area contributed by atoms with Gasteiger partial charge in [-0.3, -0.25) is 4.79 Å². The van der Waals surface area contributed by atoms with Gasteiger partial charge in [0, 0.05) is 6.54 Å². The Morgan fingerprint density at radius 2 is 2.18 bits per heavy atom. The van der Waals surface area contributed by atoms with Crippen LogP contribution in [0.5, 0.6) is 0 Å². The molecular formula is C7H15ClN2O. The van der Waals surface area contributed by atoms with Crippen molar-refractivity contribution in [1.29, 1.82) is 0 Å². The molecule has 1 amide bonds. The van der Waals surface area contributed by atoms with E-state index in [2.05, 4.69) is 11.9 Å². The molecule has 11 heavy (non-hydrogen) atoms. The van der Waals surface area contributed by atoms with Crippen LogP contribution in [0, 0.1) is 0 Å². The van der Waals surface area contributed by atoms with Crippen LogP contribution < -0.4 is 11.1 Å². The predicted octanol–water partition coefficient (Wildman–Crippen LogP) is 0.448. The predicted molar refractivity (Wildman–Crippen MR) is 48.7 cm³/mol. The van der Waals surface area contributed by atoms with Crippen LogP contribution in [0.15, 0.2) is 12.7 Å². The Bertz CT molecular complexity index is 140. The van der Waals surface area contributed by atoms with E-state index in [9.17, 15) is 4.79 Å². The van der Waals surface area contributed by atoms with E-state index in [-0.39, 0.29) is 18.3 Å². The van der Waals surface area contributed by atoms with Crippen LogP contribution in [0.4, 0.5) is 0 Å². The standard InChI is InChI=1S/C7H14N2O.ClH/c1-4-5-9-6(10)7(2,3)8;/h4H,1,5,8H2,2-3H3,(H,9,10);1H. The van der Waals surface area contributed by atoms with Crippen LogP contribution in [0.2, 0.25) is 0 Å². The first-order valence-corrected chi connectivity index (χ1v) is 3.16. The van der Waals surface area contributed by atoms with Crippen molar-refractivity contribution in [2.75, 3.05) is 6.54 Å². The Balaban J connectivity index is 0. The Morgan fingerprint density at radius 1 is 1.73 bits per heavy atom. The summed E-state index contributed by atoms with van der Waals surface area (Å²) in [4.78, 5) is 10.9. The molecule has 0 aliphatic heterocycles. The highest BCUT2D eigenvalue weighted by Gasteiger charge is 2.20. The van der Waals surface area contributed by atoms with E-state index in [1.165, 1.54) is 0 Å². The van der Waals surface area contributed by atoms with Gasteiger partial charge in [0.25, 0.3) is 0 Å². The lowest BCUT2D eigenvalue weighted by molar-refractivity contribution is -0.124. The first-order valence-electron chi connectivity index (χ1n) is 3.16. The summed E-state index contributed by atoms with van der Waals surface area (Å²) in [5.41, 5.74) is 4.68. The zero-order chi connectivity index (χ0) is 8.20. The van der Waals surface area contributed by atoms with Gasteiger partial charge in [-0.05, 0) is 13.8 Å². The fourth-order valence-electron chi connectivity index (χ4n) is 0.393. The molecule has 0 atom stereocenters. The Kier molecular flexibility index (Phi) is 6.13. The topological polar surface area (TPSA) is 55.1 Å². The molecule has 3 N–H and O–H groups in total. The molecule has 0 saturated carbocycles. The maximum absolute atomic E-state index is 10.9. The van der Waals surface area contributed by atoms with Crippen LogP contribution in [0.1, 0.15) is 13.8 Å². The number of amides is 1. The van der Waals surface area contributed by atoms with Crippen molar-refractivity contribution in [3.05, 3.63) is 12.7 Å². The fraction of sp³-hybridized carbons (Fsp3) is 0.571. The molecule has 0 saturated heterocycles. The van der Waals surface area contributed by atoms with Crippen LogP contribution in [0.3, 0.4) is 0 Å². The molecule has 0 fully saturated rings. The van der Waals surface area contributed by atoms with Crippen LogP contribution in [-0.4, -0.2) is 18.0 Å². The quantitative estimate of drug-likeness (QED) is 0.617. The molecule has 0 aliphatic rings. The molecular weight excluding hydrogens is 164 g/mol. The number of halogens is 1. The third-order valence-electron chi connectivity index (χ3n) is 0.992. The second-order valence-electron chi connectivity index (χ2n) is 2.72. The Morgan fingerprint density at radius 3 is 2.45 bits per heavy atom. The first kappa shape index (κ1) is 13.1. The van der Waals surface area contributed by atoms with Gasteiger partial charge in [-0.25, -0.2) is 0 Å². The Labute approximate surface area is 73.4 Å². The minimum Gasteiger partial charge on any atom is -0.351 e. The molecule has 0 rings (SSSR count). The number of rotatable bonds is 3. The van der Waals surface area contributed by atoms with Gasteiger partial charge in [0.2, 0.25) is 5.91 Å². The van der Waals surface area contributed by atoms with E-state index in [1.807, 2.05) is 0 Å². The van der Waals surface area contributed by atoms with E-state index in [0.717, 1.165) is 0 Å². The second-order valence-corrected chi connectivity index (χ2v) is 2.72. The molecule has 0 spiro atoms. The number of nitrogens with one attached hydrogen (secondary N) is 1. The summed E-state index contributed by atoms with van der Waals surface area (Å²) < 4.78 is 0. The van der Waals surface area contributed by atoms with E-state index < -0.39 is 5.54 Å². The van der Waals surface area contributed by atoms with E-state index >= 15 is 0 Å². The summed E-state index contributed by atoms with van der Waals surface area (Å²) in [6.07, 6.45) is 1.61. The number of hydrogen-bond donors (Lipinski definition) is 2. The third-order valence-corrected chi connectivity index (χ3v) is 0.992. The van der Waals surface area contributed by atoms with Gasteiger partial charge in [-0.2, -0.15) is 0 Å². The van der Waals surface area contributed by atoms with Crippen molar-refractivity contribution in [2.45, 2.75) is 19.4 Å². The largest absolute Gasteiger partial charge is 0.351 e. The van der Waals surface area contributed by atoms with Crippen molar-refractivity contribution < 1.29 is 4.79 Å². The molecule has 0 bridgehead atoms. The van der Waals surface area contributed by atoms with E-state index in [4.69, 9.17) is 5.73 Å². The highest BCUT2D eigenvalue weighted by Crippen LogP contribution is 1.94. The maximum atomic E-state index is 10.9. The normalized spacial score (nSPS) is 9.73. The van der Waals surface area contributed by atoms with Crippen molar-refractivity contribution in [3.63, 3.8) is 0 Å². The average molecular weight is 179 g/mol. The van der Waals surface area contributed by atoms with Gasteiger partial charge >= 0.3 is 0 Å². The fourth-order valence-corrected chi connectivity index (χ4v) is 0.393. The summed E-state index contributed by atoms with van der Waals surface area (Å²) in [6.45, 7) is 7.25. The highest BCUT2D eigenvalue weighted by atomic mass is 35.5. The van der Waals surface area contributed by atoms with Gasteiger partial charge in [0.05, 0.1) is 5.54 Å². The molecule has 0 aliphatic carbocycles. The molecule has 0 heterocycles. The molecule has 0 aromatic rings. The zero-order valence-corrected chi connectivity index (χ0v) is 7.70. The van der Waals surface area contributed by atoms with Crippen LogP contribution in [-0.2, 0) is 4.79 Å².